The lowest BCUT2D eigenvalue weighted by Gasteiger charge is -2.36. The van der Waals surface area contributed by atoms with Crippen LogP contribution < -0.4 is 10.2 Å². The molecule has 0 amide bonds. The molecular weight excluding hydrogens is 248 g/mol. The van der Waals surface area contributed by atoms with Gasteiger partial charge in [-0.3, -0.25) is 4.90 Å². The van der Waals surface area contributed by atoms with E-state index in [4.69, 9.17) is 0 Å². The first kappa shape index (κ1) is 13.8. The number of anilines is 1. The molecule has 0 atom stereocenters. The summed E-state index contributed by atoms with van der Waals surface area (Å²) in [6, 6.07) is 5.03. The van der Waals surface area contributed by atoms with Crippen LogP contribution in [-0.4, -0.2) is 48.6 Å². The van der Waals surface area contributed by atoms with Crippen molar-refractivity contribution >= 4 is 5.82 Å². The van der Waals surface area contributed by atoms with Crippen LogP contribution >= 0.6 is 0 Å². The summed E-state index contributed by atoms with van der Waals surface area (Å²) in [4.78, 5) is 9.65. The molecule has 1 saturated carbocycles. The minimum atomic E-state index is 0.754. The van der Waals surface area contributed by atoms with Gasteiger partial charge in [-0.1, -0.05) is 13.0 Å². The highest BCUT2D eigenvalue weighted by Gasteiger charge is 2.22. The van der Waals surface area contributed by atoms with Crippen molar-refractivity contribution in [2.45, 2.75) is 38.8 Å². The Morgan fingerprint density at radius 1 is 1.25 bits per heavy atom. The third-order valence-electron chi connectivity index (χ3n) is 4.24. The molecular formula is C16H26N4. The molecule has 0 aromatic carbocycles. The lowest BCUT2D eigenvalue weighted by atomic mass is 10.2. The molecule has 4 heteroatoms. The molecule has 1 aliphatic heterocycles. The molecule has 4 nitrogen and oxygen atoms in total. The molecule has 0 radical (unpaired) electrons. The zero-order valence-electron chi connectivity index (χ0n) is 12.5. The highest BCUT2D eigenvalue weighted by atomic mass is 15.3. The third kappa shape index (κ3) is 3.49. The maximum atomic E-state index is 4.64. The molecule has 2 heterocycles. The number of hydrogen-bond acceptors (Lipinski definition) is 4. The number of rotatable bonds is 6. The van der Waals surface area contributed by atoms with Crippen molar-refractivity contribution in [3.8, 4) is 0 Å². The Labute approximate surface area is 122 Å². The van der Waals surface area contributed by atoms with Crippen LogP contribution in [0, 0.1) is 0 Å². The second kappa shape index (κ2) is 6.55. The number of pyridine rings is 1. The summed E-state index contributed by atoms with van der Waals surface area (Å²) in [5.41, 5.74) is 1.35. The Balaban J connectivity index is 1.61. The average molecular weight is 274 g/mol. The molecule has 1 N–H and O–H groups in total. The maximum absolute atomic E-state index is 4.64. The van der Waals surface area contributed by atoms with Gasteiger partial charge in [0.25, 0.3) is 0 Å². The molecule has 110 valence electrons. The molecule has 3 rings (SSSR count). The lowest BCUT2D eigenvalue weighted by Crippen LogP contribution is -2.47. The van der Waals surface area contributed by atoms with Gasteiger partial charge < -0.3 is 10.2 Å². The van der Waals surface area contributed by atoms with Crippen LogP contribution in [0.1, 0.15) is 31.7 Å². The summed E-state index contributed by atoms with van der Waals surface area (Å²) in [5.74, 6) is 1.19. The van der Waals surface area contributed by atoms with Gasteiger partial charge >= 0.3 is 0 Å². The van der Waals surface area contributed by atoms with Gasteiger partial charge in [0.15, 0.2) is 0 Å². The van der Waals surface area contributed by atoms with E-state index in [-0.39, 0.29) is 0 Å². The van der Waals surface area contributed by atoms with Crippen LogP contribution in [0.15, 0.2) is 18.3 Å². The fourth-order valence-corrected chi connectivity index (χ4v) is 2.89. The summed E-state index contributed by atoms with van der Waals surface area (Å²) in [6.07, 6.45) is 5.85. The third-order valence-corrected chi connectivity index (χ3v) is 4.24. The summed E-state index contributed by atoms with van der Waals surface area (Å²) >= 11 is 0. The van der Waals surface area contributed by atoms with Crippen molar-refractivity contribution in [1.29, 1.82) is 0 Å². The van der Waals surface area contributed by atoms with Gasteiger partial charge in [0, 0.05) is 50.5 Å². The van der Waals surface area contributed by atoms with Crippen LogP contribution in [0.2, 0.25) is 0 Å². The zero-order chi connectivity index (χ0) is 13.8. The largest absolute Gasteiger partial charge is 0.354 e. The number of hydrogen-bond donors (Lipinski definition) is 1. The summed E-state index contributed by atoms with van der Waals surface area (Å²) in [6.45, 7) is 8.99. The summed E-state index contributed by atoms with van der Waals surface area (Å²) in [5, 5.41) is 3.60. The van der Waals surface area contributed by atoms with E-state index in [1.54, 1.807) is 0 Å². The molecule has 0 bridgehead atoms. The smallest absolute Gasteiger partial charge is 0.133 e. The predicted molar refractivity (Wildman–Crippen MR) is 83.0 cm³/mol. The van der Waals surface area contributed by atoms with Gasteiger partial charge in [0.1, 0.15) is 5.82 Å². The van der Waals surface area contributed by atoms with Gasteiger partial charge in [0.05, 0.1) is 0 Å². The lowest BCUT2D eigenvalue weighted by molar-refractivity contribution is 0.258. The highest BCUT2D eigenvalue weighted by Crippen LogP contribution is 2.22. The first-order valence-electron chi connectivity index (χ1n) is 8.01. The first-order chi connectivity index (χ1) is 9.86. The minimum Gasteiger partial charge on any atom is -0.354 e. The van der Waals surface area contributed by atoms with Crippen molar-refractivity contribution in [1.82, 2.24) is 15.2 Å². The monoisotopic (exact) mass is 274 g/mol. The average Bonchev–Trinajstić information content (AvgIpc) is 3.31. The van der Waals surface area contributed by atoms with Crippen molar-refractivity contribution in [2.24, 2.45) is 0 Å². The van der Waals surface area contributed by atoms with Gasteiger partial charge in [0.2, 0.25) is 0 Å². The van der Waals surface area contributed by atoms with Crippen LogP contribution in [0.3, 0.4) is 0 Å². The van der Waals surface area contributed by atoms with Crippen molar-refractivity contribution < 1.29 is 0 Å². The van der Waals surface area contributed by atoms with E-state index < -0.39 is 0 Å². The minimum absolute atomic E-state index is 0.754. The van der Waals surface area contributed by atoms with Gasteiger partial charge in [-0.05, 0) is 31.9 Å². The van der Waals surface area contributed by atoms with Crippen LogP contribution in [0.25, 0.3) is 0 Å². The van der Waals surface area contributed by atoms with Crippen molar-refractivity contribution in [3.05, 3.63) is 23.9 Å². The zero-order valence-corrected chi connectivity index (χ0v) is 12.5. The topological polar surface area (TPSA) is 31.4 Å². The quantitative estimate of drug-likeness (QED) is 0.858. The summed E-state index contributed by atoms with van der Waals surface area (Å²) < 4.78 is 0. The number of nitrogens with zero attached hydrogens (tertiary/aromatic N) is 3. The SMILES string of the molecule is CCCN1CCN(c2ncccc2CNC2CC2)CC1. The molecule has 0 unspecified atom stereocenters. The Morgan fingerprint density at radius 3 is 2.75 bits per heavy atom. The molecule has 1 aliphatic carbocycles. The molecule has 1 aromatic heterocycles. The summed E-state index contributed by atoms with van der Waals surface area (Å²) in [7, 11) is 0. The Hall–Kier alpha value is -1.13. The van der Waals surface area contributed by atoms with Gasteiger partial charge in [-0.15, -0.1) is 0 Å². The molecule has 20 heavy (non-hydrogen) atoms. The molecule has 1 aromatic rings. The molecule has 2 fully saturated rings. The first-order valence-corrected chi connectivity index (χ1v) is 8.01. The van der Waals surface area contributed by atoms with E-state index in [1.807, 2.05) is 6.20 Å². The number of aromatic nitrogens is 1. The predicted octanol–water partition coefficient (Wildman–Crippen LogP) is 1.87. The fraction of sp³-hybridized carbons (Fsp3) is 0.688. The molecule has 1 saturated heterocycles. The highest BCUT2D eigenvalue weighted by molar-refractivity contribution is 5.47. The normalized spacial score (nSPS) is 20.4. The number of piperazine rings is 1. The Bertz CT molecular complexity index is 422. The Kier molecular flexibility index (Phi) is 4.53. The standard InChI is InChI=1S/C16H26N4/c1-2-8-19-9-11-20(12-10-19)16-14(4-3-7-17-16)13-18-15-5-6-15/h3-4,7,15,18H,2,5-6,8-13H2,1H3. The molecule has 2 aliphatic rings. The molecule has 0 spiro atoms. The van der Waals surface area contributed by atoms with Gasteiger partial charge in [-0.25, -0.2) is 4.98 Å². The Morgan fingerprint density at radius 2 is 2.05 bits per heavy atom. The van der Waals surface area contributed by atoms with E-state index >= 15 is 0 Å². The second-order valence-corrected chi connectivity index (χ2v) is 5.97. The van der Waals surface area contributed by atoms with Crippen LogP contribution in [0.5, 0.6) is 0 Å². The second-order valence-electron chi connectivity index (χ2n) is 5.97. The van der Waals surface area contributed by atoms with Gasteiger partial charge in [-0.2, -0.15) is 0 Å². The van der Waals surface area contributed by atoms with Crippen LogP contribution in [-0.2, 0) is 6.54 Å². The van der Waals surface area contributed by atoms with E-state index in [2.05, 4.69) is 39.2 Å². The van der Waals surface area contributed by atoms with E-state index in [9.17, 15) is 0 Å². The van der Waals surface area contributed by atoms with Crippen molar-refractivity contribution in [3.63, 3.8) is 0 Å². The van der Waals surface area contributed by atoms with E-state index in [1.165, 1.54) is 50.3 Å². The maximum Gasteiger partial charge on any atom is 0.133 e. The van der Waals surface area contributed by atoms with Crippen LogP contribution in [0.4, 0.5) is 5.82 Å². The van der Waals surface area contributed by atoms with E-state index in [0.29, 0.717) is 0 Å². The van der Waals surface area contributed by atoms with E-state index in [0.717, 1.165) is 25.7 Å². The fourth-order valence-electron chi connectivity index (χ4n) is 2.89. The van der Waals surface area contributed by atoms with Crippen molar-refractivity contribution in [2.75, 3.05) is 37.6 Å². The number of nitrogens with one attached hydrogen (secondary N) is 1.